The summed E-state index contributed by atoms with van der Waals surface area (Å²) in [6.45, 7) is 4.92. The number of hydrogen-bond acceptors (Lipinski definition) is 5. The van der Waals surface area contributed by atoms with Gasteiger partial charge < -0.3 is 19.5 Å². The van der Waals surface area contributed by atoms with Crippen LogP contribution in [0.3, 0.4) is 0 Å². The van der Waals surface area contributed by atoms with Crippen molar-refractivity contribution < 1.29 is 14.6 Å². The molecule has 1 fully saturated rings. The zero-order valence-electron chi connectivity index (χ0n) is 12.3. The Labute approximate surface area is 120 Å². The molecule has 1 atom stereocenters. The van der Waals surface area contributed by atoms with E-state index >= 15 is 0 Å². The zero-order chi connectivity index (χ0) is 14.4. The topological polar surface area (TPSA) is 45.2 Å². The summed E-state index contributed by atoms with van der Waals surface area (Å²) >= 11 is 0. The van der Waals surface area contributed by atoms with E-state index in [-0.39, 0.29) is 0 Å². The highest BCUT2D eigenvalue weighted by Crippen LogP contribution is 2.22. The molecule has 0 aliphatic carbocycles. The average Bonchev–Trinajstić information content (AvgIpc) is 2.48. The fourth-order valence-electron chi connectivity index (χ4n) is 2.54. The average molecular weight is 280 g/mol. The molecule has 0 amide bonds. The molecule has 0 saturated carbocycles. The summed E-state index contributed by atoms with van der Waals surface area (Å²) in [5, 5.41) is 9.76. The van der Waals surface area contributed by atoms with Crippen molar-refractivity contribution in [2.24, 2.45) is 0 Å². The summed E-state index contributed by atoms with van der Waals surface area (Å²) in [5.74, 6) is 0.889. The van der Waals surface area contributed by atoms with Gasteiger partial charge in [0.1, 0.15) is 5.75 Å². The van der Waals surface area contributed by atoms with Crippen molar-refractivity contribution in [3.05, 3.63) is 24.3 Å². The first kappa shape index (κ1) is 15.1. The molecule has 1 N–H and O–H groups in total. The van der Waals surface area contributed by atoms with Gasteiger partial charge in [0.2, 0.25) is 0 Å². The van der Waals surface area contributed by atoms with Gasteiger partial charge in [0, 0.05) is 51.6 Å². The van der Waals surface area contributed by atoms with Crippen LogP contribution in [-0.4, -0.2) is 69.7 Å². The van der Waals surface area contributed by atoms with Crippen molar-refractivity contribution in [2.75, 3.05) is 58.5 Å². The third kappa shape index (κ3) is 4.10. The van der Waals surface area contributed by atoms with Crippen LogP contribution in [0.2, 0.25) is 0 Å². The second-order valence-electron chi connectivity index (χ2n) is 5.10. The van der Waals surface area contributed by atoms with E-state index in [9.17, 15) is 5.11 Å². The van der Waals surface area contributed by atoms with Gasteiger partial charge in [0.05, 0.1) is 19.8 Å². The van der Waals surface area contributed by atoms with E-state index in [0.29, 0.717) is 13.2 Å². The first-order valence-corrected chi connectivity index (χ1v) is 7.01. The van der Waals surface area contributed by atoms with Gasteiger partial charge >= 0.3 is 0 Å². The molecule has 0 bridgehead atoms. The Morgan fingerprint density at radius 2 is 1.95 bits per heavy atom. The van der Waals surface area contributed by atoms with E-state index in [1.807, 2.05) is 12.1 Å². The second-order valence-corrected chi connectivity index (χ2v) is 5.10. The summed E-state index contributed by atoms with van der Waals surface area (Å²) in [6.07, 6.45) is -0.400. The first-order chi connectivity index (χ1) is 9.72. The van der Waals surface area contributed by atoms with Gasteiger partial charge in [-0.3, -0.25) is 4.90 Å². The third-order valence-electron chi connectivity index (χ3n) is 3.62. The van der Waals surface area contributed by atoms with Crippen LogP contribution < -0.4 is 9.64 Å². The summed E-state index contributed by atoms with van der Waals surface area (Å²) < 4.78 is 10.2. The second kappa shape index (κ2) is 7.47. The standard InChI is InChI=1S/C15H24N2O3/c1-19-12-14(18)11-16-6-8-17(9-7-16)13-4-3-5-15(10-13)20-2/h3-5,10,14,18H,6-9,11-12H2,1-2H3. The van der Waals surface area contributed by atoms with Crippen LogP contribution in [0, 0.1) is 0 Å². The fraction of sp³-hybridized carbons (Fsp3) is 0.600. The lowest BCUT2D eigenvalue weighted by atomic mass is 10.2. The van der Waals surface area contributed by atoms with E-state index in [4.69, 9.17) is 9.47 Å². The lowest BCUT2D eigenvalue weighted by Gasteiger charge is -2.36. The lowest BCUT2D eigenvalue weighted by molar-refractivity contribution is 0.0365. The van der Waals surface area contributed by atoms with Gasteiger partial charge in [-0.25, -0.2) is 0 Å². The molecular weight excluding hydrogens is 256 g/mol. The van der Waals surface area contributed by atoms with E-state index < -0.39 is 6.10 Å². The number of aliphatic hydroxyl groups excluding tert-OH is 1. The predicted octanol–water partition coefficient (Wildman–Crippen LogP) is 0.824. The van der Waals surface area contributed by atoms with Crippen LogP contribution in [0.15, 0.2) is 24.3 Å². The maximum atomic E-state index is 9.76. The van der Waals surface area contributed by atoms with Crippen LogP contribution in [0.4, 0.5) is 5.69 Å². The zero-order valence-corrected chi connectivity index (χ0v) is 12.3. The summed E-state index contributed by atoms with van der Waals surface area (Å²) in [4.78, 5) is 4.63. The Balaban J connectivity index is 1.84. The van der Waals surface area contributed by atoms with Gasteiger partial charge in [-0.05, 0) is 12.1 Å². The van der Waals surface area contributed by atoms with Crippen molar-refractivity contribution in [3.8, 4) is 5.75 Å². The highest BCUT2D eigenvalue weighted by Gasteiger charge is 2.19. The van der Waals surface area contributed by atoms with Crippen molar-refractivity contribution in [2.45, 2.75) is 6.10 Å². The summed E-state index contributed by atoms with van der Waals surface area (Å²) in [7, 11) is 3.30. The number of rotatable bonds is 6. The molecule has 1 aliphatic heterocycles. The van der Waals surface area contributed by atoms with Crippen LogP contribution in [0.5, 0.6) is 5.75 Å². The van der Waals surface area contributed by atoms with E-state index in [0.717, 1.165) is 31.9 Å². The molecule has 1 aromatic carbocycles. The van der Waals surface area contributed by atoms with Crippen molar-refractivity contribution in [1.82, 2.24) is 4.90 Å². The molecule has 1 aliphatic rings. The number of nitrogens with zero attached hydrogens (tertiary/aromatic N) is 2. The number of anilines is 1. The Bertz CT molecular complexity index is 406. The lowest BCUT2D eigenvalue weighted by Crippen LogP contribution is -2.49. The molecule has 1 saturated heterocycles. The summed E-state index contributed by atoms with van der Waals surface area (Å²) in [5.41, 5.74) is 1.20. The maximum Gasteiger partial charge on any atom is 0.120 e. The molecule has 0 aromatic heterocycles. The molecule has 112 valence electrons. The van der Waals surface area contributed by atoms with Crippen LogP contribution in [-0.2, 0) is 4.74 Å². The smallest absolute Gasteiger partial charge is 0.120 e. The largest absolute Gasteiger partial charge is 0.497 e. The molecule has 0 spiro atoms. The van der Waals surface area contributed by atoms with Gasteiger partial charge in [0.25, 0.3) is 0 Å². The monoisotopic (exact) mass is 280 g/mol. The van der Waals surface area contributed by atoms with Crippen molar-refractivity contribution >= 4 is 5.69 Å². The quantitative estimate of drug-likeness (QED) is 0.836. The molecular formula is C15H24N2O3. The Morgan fingerprint density at radius 3 is 2.60 bits per heavy atom. The molecule has 1 heterocycles. The van der Waals surface area contributed by atoms with Crippen LogP contribution >= 0.6 is 0 Å². The number of benzene rings is 1. The van der Waals surface area contributed by atoms with Crippen LogP contribution in [0.25, 0.3) is 0 Å². The fourth-order valence-corrected chi connectivity index (χ4v) is 2.54. The number of β-amino-alcohol motifs (C(OH)–C–C–N with tert-alkyl or cyclic N) is 1. The first-order valence-electron chi connectivity index (χ1n) is 7.01. The minimum atomic E-state index is -0.400. The van der Waals surface area contributed by atoms with E-state index in [2.05, 4.69) is 21.9 Å². The number of methoxy groups -OCH3 is 2. The Kier molecular flexibility index (Phi) is 5.64. The normalized spacial score (nSPS) is 18.1. The minimum Gasteiger partial charge on any atom is -0.497 e. The number of hydrogen-bond donors (Lipinski definition) is 1. The van der Waals surface area contributed by atoms with Crippen molar-refractivity contribution in [3.63, 3.8) is 0 Å². The molecule has 20 heavy (non-hydrogen) atoms. The molecule has 5 nitrogen and oxygen atoms in total. The maximum absolute atomic E-state index is 9.76. The Morgan fingerprint density at radius 1 is 1.20 bits per heavy atom. The molecule has 2 rings (SSSR count). The SMILES string of the molecule is COCC(O)CN1CCN(c2cccc(OC)c2)CC1. The Hall–Kier alpha value is -1.30. The van der Waals surface area contributed by atoms with Gasteiger partial charge in [-0.15, -0.1) is 0 Å². The highest BCUT2D eigenvalue weighted by molar-refractivity contribution is 5.51. The highest BCUT2D eigenvalue weighted by atomic mass is 16.5. The van der Waals surface area contributed by atoms with E-state index in [1.165, 1.54) is 5.69 Å². The minimum absolute atomic E-state index is 0.399. The van der Waals surface area contributed by atoms with Gasteiger partial charge in [0.15, 0.2) is 0 Å². The summed E-state index contributed by atoms with van der Waals surface area (Å²) in [6, 6.07) is 8.15. The number of piperazine rings is 1. The number of ether oxygens (including phenoxy) is 2. The predicted molar refractivity (Wildman–Crippen MR) is 79.5 cm³/mol. The third-order valence-corrected chi connectivity index (χ3v) is 3.62. The van der Waals surface area contributed by atoms with Gasteiger partial charge in [-0.2, -0.15) is 0 Å². The van der Waals surface area contributed by atoms with Gasteiger partial charge in [-0.1, -0.05) is 6.07 Å². The van der Waals surface area contributed by atoms with Crippen LogP contribution in [0.1, 0.15) is 0 Å². The molecule has 0 radical (unpaired) electrons. The number of aliphatic hydroxyl groups is 1. The molecule has 1 unspecified atom stereocenters. The molecule has 1 aromatic rings. The molecule has 5 heteroatoms. The van der Waals surface area contributed by atoms with E-state index in [1.54, 1.807) is 14.2 Å². The van der Waals surface area contributed by atoms with Crippen molar-refractivity contribution in [1.29, 1.82) is 0 Å².